The summed E-state index contributed by atoms with van der Waals surface area (Å²) in [4.78, 5) is 0. The summed E-state index contributed by atoms with van der Waals surface area (Å²) in [6, 6.07) is 0. The molecule has 0 aromatic carbocycles. The van der Waals surface area contributed by atoms with Crippen molar-refractivity contribution in [1.29, 1.82) is 0 Å². The molecule has 0 atom stereocenters. The van der Waals surface area contributed by atoms with Gasteiger partial charge in [-0.25, -0.2) is 0 Å². The second-order valence-corrected chi connectivity index (χ2v) is 5.20. The zero-order valence-corrected chi connectivity index (χ0v) is 13.2. The average molecular weight is 262 g/mol. The van der Waals surface area contributed by atoms with Gasteiger partial charge in [-0.15, -0.1) is 0 Å². The Morgan fingerprint density at radius 1 is 0.526 bits per heavy atom. The SMILES string of the molecule is CC/C=C/C/C=C/C/C=C/CCCCCCCCC. The van der Waals surface area contributed by atoms with Gasteiger partial charge in [-0.2, -0.15) is 0 Å². The van der Waals surface area contributed by atoms with Crippen molar-refractivity contribution < 1.29 is 0 Å². The Bertz CT molecular complexity index is 232. The van der Waals surface area contributed by atoms with Crippen LogP contribution in [0.2, 0.25) is 0 Å². The van der Waals surface area contributed by atoms with Crippen LogP contribution in [0.5, 0.6) is 0 Å². The van der Waals surface area contributed by atoms with Crippen LogP contribution in [0.1, 0.15) is 84.5 Å². The van der Waals surface area contributed by atoms with Crippen LogP contribution in [-0.4, -0.2) is 0 Å². The highest BCUT2D eigenvalue weighted by atomic mass is 13.9. The Hall–Kier alpha value is -0.780. The van der Waals surface area contributed by atoms with Gasteiger partial charge in [0.1, 0.15) is 0 Å². The lowest BCUT2D eigenvalue weighted by atomic mass is 10.1. The second kappa shape index (κ2) is 17.2. The third-order valence-electron chi connectivity index (χ3n) is 3.25. The summed E-state index contributed by atoms with van der Waals surface area (Å²) in [5.74, 6) is 0. The molecule has 0 aromatic heterocycles. The van der Waals surface area contributed by atoms with Gasteiger partial charge >= 0.3 is 0 Å². The Labute approximate surface area is 121 Å². The van der Waals surface area contributed by atoms with E-state index in [0.717, 1.165) is 19.3 Å². The van der Waals surface area contributed by atoms with Gasteiger partial charge in [-0.05, 0) is 32.1 Å². The minimum Gasteiger partial charge on any atom is -0.0885 e. The van der Waals surface area contributed by atoms with E-state index in [1.165, 1.54) is 51.4 Å². The topological polar surface area (TPSA) is 0 Å². The van der Waals surface area contributed by atoms with Crippen molar-refractivity contribution in [2.45, 2.75) is 84.5 Å². The van der Waals surface area contributed by atoms with Crippen molar-refractivity contribution in [2.24, 2.45) is 0 Å². The molecule has 0 aliphatic carbocycles. The van der Waals surface area contributed by atoms with E-state index in [1.54, 1.807) is 0 Å². The maximum absolute atomic E-state index is 2.35. The van der Waals surface area contributed by atoms with E-state index in [4.69, 9.17) is 0 Å². The van der Waals surface area contributed by atoms with E-state index >= 15 is 0 Å². The van der Waals surface area contributed by atoms with Gasteiger partial charge in [0.05, 0.1) is 0 Å². The molecule has 0 fully saturated rings. The fourth-order valence-electron chi connectivity index (χ4n) is 2.05. The Kier molecular flexibility index (Phi) is 16.5. The number of unbranched alkanes of at least 4 members (excludes halogenated alkanes) is 7. The molecule has 0 N–H and O–H groups in total. The van der Waals surface area contributed by atoms with Gasteiger partial charge in [0.25, 0.3) is 0 Å². The fourth-order valence-corrected chi connectivity index (χ4v) is 2.05. The molecule has 0 saturated carbocycles. The van der Waals surface area contributed by atoms with E-state index in [2.05, 4.69) is 50.3 Å². The van der Waals surface area contributed by atoms with Crippen LogP contribution in [0.25, 0.3) is 0 Å². The summed E-state index contributed by atoms with van der Waals surface area (Å²) in [6.07, 6.45) is 28.0. The average Bonchev–Trinajstić information content (AvgIpc) is 2.43. The van der Waals surface area contributed by atoms with E-state index in [0.29, 0.717) is 0 Å². The van der Waals surface area contributed by atoms with Gasteiger partial charge in [0.2, 0.25) is 0 Å². The first-order valence-corrected chi connectivity index (χ1v) is 8.36. The van der Waals surface area contributed by atoms with Crippen molar-refractivity contribution >= 4 is 0 Å². The molecule has 0 nitrogen and oxygen atoms in total. The van der Waals surface area contributed by atoms with Crippen LogP contribution in [0, 0.1) is 0 Å². The summed E-state index contributed by atoms with van der Waals surface area (Å²) < 4.78 is 0. The van der Waals surface area contributed by atoms with Gasteiger partial charge in [0, 0.05) is 0 Å². The number of rotatable bonds is 13. The first-order chi connectivity index (χ1) is 9.41. The Balaban J connectivity index is 3.19. The Morgan fingerprint density at radius 2 is 1.05 bits per heavy atom. The second-order valence-electron chi connectivity index (χ2n) is 5.20. The van der Waals surface area contributed by atoms with Crippen molar-refractivity contribution in [3.05, 3.63) is 36.5 Å². The zero-order valence-electron chi connectivity index (χ0n) is 13.2. The van der Waals surface area contributed by atoms with Crippen LogP contribution < -0.4 is 0 Å². The van der Waals surface area contributed by atoms with Gasteiger partial charge in [0.15, 0.2) is 0 Å². The van der Waals surface area contributed by atoms with Crippen LogP contribution in [-0.2, 0) is 0 Å². The van der Waals surface area contributed by atoms with Crippen molar-refractivity contribution in [2.75, 3.05) is 0 Å². The third-order valence-corrected chi connectivity index (χ3v) is 3.25. The minimum atomic E-state index is 1.08. The molecule has 0 saturated heterocycles. The van der Waals surface area contributed by atoms with Crippen molar-refractivity contribution in [3.63, 3.8) is 0 Å². The Morgan fingerprint density at radius 3 is 1.68 bits per heavy atom. The first-order valence-electron chi connectivity index (χ1n) is 8.36. The smallest absolute Gasteiger partial charge is 0.0169 e. The number of hydrogen-bond acceptors (Lipinski definition) is 0. The van der Waals surface area contributed by atoms with Crippen LogP contribution in [0.4, 0.5) is 0 Å². The fraction of sp³-hybridized carbons (Fsp3) is 0.684. The van der Waals surface area contributed by atoms with Crippen molar-refractivity contribution in [3.8, 4) is 0 Å². The maximum atomic E-state index is 2.35. The molecule has 19 heavy (non-hydrogen) atoms. The normalized spacial score (nSPS) is 12.3. The third kappa shape index (κ3) is 17.2. The molecule has 0 radical (unpaired) electrons. The lowest BCUT2D eigenvalue weighted by Gasteiger charge is -1.98. The predicted octanol–water partition coefficient (Wildman–Crippen LogP) is 6.99. The highest BCUT2D eigenvalue weighted by Crippen LogP contribution is 2.08. The maximum Gasteiger partial charge on any atom is -0.0169 e. The lowest BCUT2D eigenvalue weighted by Crippen LogP contribution is -1.78. The standard InChI is InChI=1S/C19H34/c1-3-5-7-9-11-13-15-17-19-18-16-14-12-10-8-6-4-2/h5,7,11,13,17,19H,3-4,6,8-10,12,14-16,18H2,1-2H3/b7-5+,13-11+,19-17+. The molecule has 0 amide bonds. The molecule has 0 spiro atoms. The molecule has 0 rings (SSSR count). The van der Waals surface area contributed by atoms with Gasteiger partial charge in [-0.1, -0.05) is 88.8 Å². The predicted molar refractivity (Wildman–Crippen MR) is 89.6 cm³/mol. The molecule has 0 aliphatic heterocycles. The van der Waals surface area contributed by atoms with Gasteiger partial charge < -0.3 is 0 Å². The molecule has 0 aromatic rings. The monoisotopic (exact) mass is 262 g/mol. The molecule has 0 heteroatoms. The lowest BCUT2D eigenvalue weighted by molar-refractivity contribution is 0.592. The largest absolute Gasteiger partial charge is 0.0885 e. The molecule has 0 unspecified atom stereocenters. The first kappa shape index (κ1) is 18.2. The highest BCUT2D eigenvalue weighted by Gasteiger charge is 1.88. The summed E-state index contributed by atoms with van der Waals surface area (Å²) in [7, 11) is 0. The molecular formula is C19H34. The summed E-state index contributed by atoms with van der Waals surface area (Å²) in [5.41, 5.74) is 0. The summed E-state index contributed by atoms with van der Waals surface area (Å²) >= 11 is 0. The van der Waals surface area contributed by atoms with Crippen molar-refractivity contribution in [1.82, 2.24) is 0 Å². The highest BCUT2D eigenvalue weighted by molar-refractivity contribution is 4.96. The molecule has 110 valence electrons. The zero-order chi connectivity index (χ0) is 14.0. The molecule has 0 heterocycles. The minimum absolute atomic E-state index is 1.08. The van der Waals surface area contributed by atoms with E-state index in [-0.39, 0.29) is 0 Å². The molecular weight excluding hydrogens is 228 g/mol. The van der Waals surface area contributed by atoms with Crippen LogP contribution in [0.3, 0.4) is 0 Å². The molecule has 0 aliphatic rings. The van der Waals surface area contributed by atoms with E-state index in [1.807, 2.05) is 0 Å². The number of hydrogen-bond donors (Lipinski definition) is 0. The van der Waals surface area contributed by atoms with Gasteiger partial charge in [-0.3, -0.25) is 0 Å². The van der Waals surface area contributed by atoms with E-state index < -0.39 is 0 Å². The van der Waals surface area contributed by atoms with Crippen LogP contribution >= 0.6 is 0 Å². The number of allylic oxidation sites excluding steroid dienone is 6. The summed E-state index contributed by atoms with van der Waals surface area (Å²) in [5, 5.41) is 0. The molecule has 0 bridgehead atoms. The quantitative estimate of drug-likeness (QED) is 0.248. The van der Waals surface area contributed by atoms with E-state index in [9.17, 15) is 0 Å². The van der Waals surface area contributed by atoms with Crippen LogP contribution in [0.15, 0.2) is 36.5 Å². The summed E-state index contributed by atoms with van der Waals surface area (Å²) in [6.45, 7) is 4.45.